The molecule has 45 heavy (non-hydrogen) atoms. The Morgan fingerprint density at radius 2 is 0.956 bits per heavy atom. The number of anilines is 2. The van der Waals surface area contributed by atoms with Gasteiger partial charge in [0.15, 0.2) is 0 Å². The van der Waals surface area contributed by atoms with Crippen molar-refractivity contribution in [1.82, 2.24) is 0 Å². The topological polar surface area (TPSA) is 40.2 Å². The van der Waals surface area contributed by atoms with Crippen LogP contribution in [0.15, 0.2) is 46.2 Å². The van der Waals surface area contributed by atoms with Gasteiger partial charge in [0.1, 0.15) is 0 Å². The fourth-order valence-electron chi connectivity index (χ4n) is 6.53. The first-order chi connectivity index (χ1) is 21.2. The van der Waals surface area contributed by atoms with Crippen molar-refractivity contribution in [1.29, 1.82) is 0 Å². The molecule has 0 N–H and O–H groups in total. The minimum atomic E-state index is -0.384. The Morgan fingerprint density at radius 1 is 0.578 bits per heavy atom. The van der Waals surface area contributed by atoms with Crippen molar-refractivity contribution in [2.75, 3.05) is 4.90 Å². The van der Waals surface area contributed by atoms with E-state index in [-0.39, 0.29) is 36.6 Å². The molecular weight excluding hydrogens is 576 g/mol. The molecule has 246 valence electrons. The Bertz CT molecular complexity index is 1200. The summed E-state index contributed by atoms with van der Waals surface area (Å²) < 4.78 is 25.9. The zero-order valence-corrected chi connectivity index (χ0v) is 30.6. The van der Waals surface area contributed by atoms with Crippen LogP contribution in [0.25, 0.3) is 0 Å². The minimum absolute atomic E-state index is 0.376. The van der Waals surface area contributed by atoms with Crippen molar-refractivity contribution in [2.45, 2.75) is 172 Å². The highest BCUT2D eigenvalue weighted by Gasteiger charge is 2.53. The maximum Gasteiger partial charge on any atom is 0.494 e. The van der Waals surface area contributed by atoms with Gasteiger partial charge in [0.2, 0.25) is 0 Å². The summed E-state index contributed by atoms with van der Waals surface area (Å²) in [4.78, 5) is 5.18. The van der Waals surface area contributed by atoms with E-state index in [4.69, 9.17) is 18.6 Å². The summed E-state index contributed by atoms with van der Waals surface area (Å²) in [7, 11) is -0.767. The molecule has 0 atom stereocenters. The van der Waals surface area contributed by atoms with Crippen LogP contribution in [0.5, 0.6) is 0 Å². The van der Waals surface area contributed by atoms with Crippen LogP contribution in [-0.2, 0) is 18.6 Å². The van der Waals surface area contributed by atoms with Crippen molar-refractivity contribution in [3.05, 3.63) is 36.4 Å². The van der Waals surface area contributed by atoms with Crippen LogP contribution in [0.2, 0.25) is 0 Å². The molecule has 0 radical (unpaired) electrons. The van der Waals surface area contributed by atoms with Crippen molar-refractivity contribution in [3.63, 3.8) is 0 Å². The monoisotopic (exact) mass is 633 g/mol. The lowest BCUT2D eigenvalue weighted by Crippen LogP contribution is -2.41. The highest BCUT2D eigenvalue weighted by atomic mass is 32.2. The van der Waals surface area contributed by atoms with Crippen LogP contribution in [0.4, 0.5) is 11.4 Å². The van der Waals surface area contributed by atoms with E-state index >= 15 is 0 Å². The number of unbranched alkanes of at least 4 members (excludes halogenated alkanes) is 6. The van der Waals surface area contributed by atoms with Gasteiger partial charge in [-0.1, -0.05) is 89.1 Å². The van der Waals surface area contributed by atoms with Gasteiger partial charge in [-0.3, -0.25) is 0 Å². The van der Waals surface area contributed by atoms with E-state index in [0.717, 1.165) is 10.9 Å². The number of nitrogens with zero attached hydrogens (tertiary/aromatic N) is 1. The lowest BCUT2D eigenvalue weighted by Gasteiger charge is -2.40. The molecule has 5 nitrogen and oxygen atoms in total. The lowest BCUT2D eigenvalue weighted by molar-refractivity contribution is 0.00578. The van der Waals surface area contributed by atoms with Crippen molar-refractivity contribution in [2.24, 2.45) is 0 Å². The molecule has 2 aromatic rings. The molecule has 8 heteroatoms. The van der Waals surface area contributed by atoms with Gasteiger partial charge in [-0.05, 0) is 103 Å². The molecule has 0 spiro atoms. The number of rotatable bonds is 13. The molecule has 3 heterocycles. The number of benzene rings is 2. The third-order valence-corrected chi connectivity index (χ3v) is 12.0. The summed E-state index contributed by atoms with van der Waals surface area (Å²) in [5.41, 5.74) is 3.25. The quantitative estimate of drug-likeness (QED) is 0.162. The molecule has 2 aromatic carbocycles. The zero-order valence-electron chi connectivity index (χ0n) is 29.8. The molecule has 3 aliphatic rings. The lowest BCUT2D eigenvalue weighted by atomic mass is 9.78. The maximum absolute atomic E-state index is 6.48. The molecular formula is C37H57B2NO4S. The van der Waals surface area contributed by atoms with Gasteiger partial charge in [-0.25, -0.2) is 0 Å². The summed E-state index contributed by atoms with van der Waals surface area (Å²) in [6.45, 7) is 21.6. The minimum Gasteiger partial charge on any atom is -0.399 e. The highest BCUT2D eigenvalue weighted by Crippen LogP contribution is 2.50. The fourth-order valence-corrected chi connectivity index (χ4v) is 7.70. The predicted molar refractivity (Wildman–Crippen MR) is 192 cm³/mol. The second kappa shape index (κ2) is 13.6. The van der Waals surface area contributed by atoms with Crippen molar-refractivity contribution < 1.29 is 18.6 Å². The Morgan fingerprint density at radius 3 is 1.31 bits per heavy atom. The van der Waals surface area contributed by atoms with Crippen LogP contribution in [0.1, 0.15) is 133 Å². The van der Waals surface area contributed by atoms with Gasteiger partial charge >= 0.3 is 14.2 Å². The SMILES string of the molecule is CCCCCCC(CCCCCC)N1c2ccc(B3OC(C)(C)C(C)(C)O3)cc2Sc2cc(B3OC(C)(C)C(C)(C)O3)ccc21. The van der Waals surface area contributed by atoms with Gasteiger partial charge in [0, 0.05) is 15.8 Å². The van der Waals surface area contributed by atoms with E-state index in [9.17, 15) is 0 Å². The summed E-state index contributed by atoms with van der Waals surface area (Å²) in [6, 6.07) is 14.2. The maximum atomic E-state index is 6.48. The normalized spacial score (nSPS) is 21.0. The smallest absolute Gasteiger partial charge is 0.399 e. The van der Waals surface area contributed by atoms with E-state index < -0.39 is 0 Å². The highest BCUT2D eigenvalue weighted by molar-refractivity contribution is 7.99. The van der Waals surface area contributed by atoms with Gasteiger partial charge in [-0.15, -0.1) is 0 Å². The molecule has 0 unspecified atom stereocenters. The summed E-state index contributed by atoms with van der Waals surface area (Å²) in [6.07, 6.45) is 12.7. The second-order valence-electron chi connectivity index (χ2n) is 15.5. The average Bonchev–Trinajstić information content (AvgIpc) is 3.34. The first-order valence-electron chi connectivity index (χ1n) is 17.7. The fraction of sp³-hybridized carbons (Fsp3) is 0.676. The third-order valence-electron chi connectivity index (χ3n) is 10.9. The van der Waals surface area contributed by atoms with Gasteiger partial charge in [0.25, 0.3) is 0 Å². The van der Waals surface area contributed by atoms with Crippen LogP contribution >= 0.6 is 11.8 Å². The zero-order chi connectivity index (χ0) is 32.6. The van der Waals surface area contributed by atoms with Crippen LogP contribution < -0.4 is 15.8 Å². The van der Waals surface area contributed by atoms with Crippen molar-refractivity contribution in [3.8, 4) is 0 Å². The van der Waals surface area contributed by atoms with Gasteiger partial charge in [-0.2, -0.15) is 0 Å². The Labute approximate surface area is 279 Å². The predicted octanol–water partition coefficient (Wildman–Crippen LogP) is 9.20. The Hall–Kier alpha value is -1.44. The van der Waals surface area contributed by atoms with Crippen molar-refractivity contribution >= 4 is 48.3 Å². The first-order valence-corrected chi connectivity index (χ1v) is 18.5. The molecule has 2 saturated heterocycles. The third kappa shape index (κ3) is 7.21. The van der Waals surface area contributed by atoms with Gasteiger partial charge in [0.05, 0.1) is 33.8 Å². The van der Waals surface area contributed by atoms with E-state index in [0.29, 0.717) is 6.04 Å². The number of fused-ring (bicyclic) bond motifs is 2. The van der Waals surface area contributed by atoms with E-state index in [1.165, 1.54) is 85.4 Å². The number of hydrogen-bond acceptors (Lipinski definition) is 6. The summed E-state index contributed by atoms with van der Waals surface area (Å²) in [5.74, 6) is 0. The standard InChI is InChI=1S/C37H57B2NO4S/c1-11-13-15-17-19-29(20-18-16-14-12-2)40-30-23-21-27(38-41-34(3,4)35(5,6)42-38)25-32(30)45-33-26-28(22-24-31(33)40)39-43-36(7,8)37(9,10)44-39/h21-26,29H,11-20H2,1-10H3. The van der Waals surface area contributed by atoms with Crippen LogP contribution in [0, 0.1) is 0 Å². The summed E-state index contributed by atoms with van der Waals surface area (Å²) >= 11 is 1.85. The molecule has 5 rings (SSSR count). The van der Waals surface area contributed by atoms with E-state index in [1.54, 1.807) is 0 Å². The first kappa shape index (κ1) is 34.9. The van der Waals surface area contributed by atoms with Gasteiger partial charge < -0.3 is 23.5 Å². The van der Waals surface area contributed by atoms with E-state index in [2.05, 4.69) is 111 Å². The molecule has 3 aliphatic heterocycles. The average molecular weight is 634 g/mol. The molecule has 0 bridgehead atoms. The van der Waals surface area contributed by atoms with Crippen LogP contribution in [0.3, 0.4) is 0 Å². The largest absolute Gasteiger partial charge is 0.494 e. The molecule has 2 fully saturated rings. The molecule has 0 aromatic heterocycles. The molecule has 0 amide bonds. The van der Waals surface area contributed by atoms with E-state index in [1.807, 2.05) is 11.8 Å². The second-order valence-corrected chi connectivity index (χ2v) is 16.5. The summed E-state index contributed by atoms with van der Waals surface area (Å²) in [5, 5.41) is 0. The number of hydrogen-bond donors (Lipinski definition) is 0. The molecule has 0 saturated carbocycles. The van der Waals surface area contributed by atoms with Crippen LogP contribution in [-0.4, -0.2) is 42.7 Å². The Kier molecular flexibility index (Phi) is 10.5. The Balaban J connectivity index is 1.52. The molecule has 0 aliphatic carbocycles.